The molecule has 0 spiro atoms. The second-order valence-corrected chi connectivity index (χ2v) is 4.04. The van der Waals surface area contributed by atoms with E-state index in [4.69, 9.17) is 9.47 Å². The van der Waals surface area contributed by atoms with Gasteiger partial charge in [0.15, 0.2) is 0 Å². The van der Waals surface area contributed by atoms with E-state index in [1.807, 2.05) is 42.5 Å². The lowest BCUT2D eigenvalue weighted by Crippen LogP contribution is -1.89. The first kappa shape index (κ1) is 12.2. The second-order valence-electron chi connectivity index (χ2n) is 4.04. The van der Waals surface area contributed by atoms with Crippen molar-refractivity contribution >= 4 is 0 Å². The summed E-state index contributed by atoms with van der Waals surface area (Å²) >= 11 is 0. The predicted octanol–water partition coefficient (Wildman–Crippen LogP) is 4.06. The molecule has 0 amide bonds. The molecular weight excluding hydrogens is 252 g/mol. The highest BCUT2D eigenvalue weighted by Crippen LogP contribution is 2.25. The quantitative estimate of drug-likeness (QED) is 0.712. The van der Waals surface area contributed by atoms with Gasteiger partial charge in [-0.25, -0.2) is 4.98 Å². The van der Waals surface area contributed by atoms with Crippen LogP contribution in [-0.4, -0.2) is 9.97 Å². The molecule has 0 aliphatic rings. The maximum atomic E-state index is 5.67. The predicted molar refractivity (Wildman–Crippen MR) is 75.1 cm³/mol. The molecule has 0 bridgehead atoms. The van der Waals surface area contributed by atoms with Crippen molar-refractivity contribution in [3.63, 3.8) is 0 Å². The van der Waals surface area contributed by atoms with Crippen LogP contribution in [0.5, 0.6) is 23.1 Å². The highest BCUT2D eigenvalue weighted by atomic mass is 16.5. The zero-order chi connectivity index (χ0) is 13.6. The molecule has 0 aliphatic heterocycles. The van der Waals surface area contributed by atoms with Crippen LogP contribution in [0.2, 0.25) is 0 Å². The molecule has 0 saturated carbocycles. The average molecular weight is 264 g/mol. The van der Waals surface area contributed by atoms with E-state index in [9.17, 15) is 0 Å². The minimum absolute atomic E-state index is 0.484. The number of hydrogen-bond acceptors (Lipinski definition) is 4. The summed E-state index contributed by atoms with van der Waals surface area (Å²) in [5.41, 5.74) is 0. The first-order valence-electron chi connectivity index (χ1n) is 6.17. The van der Waals surface area contributed by atoms with E-state index in [2.05, 4.69) is 9.97 Å². The maximum absolute atomic E-state index is 5.67. The van der Waals surface area contributed by atoms with Crippen LogP contribution in [0.25, 0.3) is 0 Å². The van der Waals surface area contributed by atoms with Crippen molar-refractivity contribution in [2.75, 3.05) is 0 Å². The average Bonchev–Trinajstić information content (AvgIpc) is 2.50. The number of aromatic nitrogens is 2. The van der Waals surface area contributed by atoms with Crippen LogP contribution in [0.1, 0.15) is 0 Å². The van der Waals surface area contributed by atoms with Gasteiger partial charge in [0.25, 0.3) is 0 Å². The van der Waals surface area contributed by atoms with Gasteiger partial charge >= 0.3 is 0 Å². The van der Waals surface area contributed by atoms with Crippen molar-refractivity contribution in [3.8, 4) is 23.1 Å². The summed E-state index contributed by atoms with van der Waals surface area (Å²) in [4.78, 5) is 8.16. The molecule has 98 valence electrons. The second kappa shape index (κ2) is 5.84. The standard InChI is InChI=1S/C16H12N2O2/c1-2-5-13(6-3-1)20-16-11-14(8-10-18-16)19-15-7-4-9-17-12-15/h1-12H. The van der Waals surface area contributed by atoms with E-state index < -0.39 is 0 Å². The molecule has 0 unspecified atom stereocenters. The molecule has 3 rings (SSSR count). The van der Waals surface area contributed by atoms with Crippen molar-refractivity contribution in [3.05, 3.63) is 73.2 Å². The zero-order valence-corrected chi connectivity index (χ0v) is 10.6. The summed E-state index contributed by atoms with van der Waals surface area (Å²) in [5.74, 6) is 2.54. The van der Waals surface area contributed by atoms with Gasteiger partial charge in [-0.1, -0.05) is 18.2 Å². The van der Waals surface area contributed by atoms with Gasteiger partial charge in [0.05, 0.1) is 6.20 Å². The maximum Gasteiger partial charge on any atom is 0.222 e. The van der Waals surface area contributed by atoms with Crippen LogP contribution in [0, 0.1) is 0 Å². The van der Waals surface area contributed by atoms with E-state index >= 15 is 0 Å². The fourth-order valence-electron chi connectivity index (χ4n) is 1.66. The smallest absolute Gasteiger partial charge is 0.222 e. The fourth-order valence-corrected chi connectivity index (χ4v) is 1.66. The molecule has 4 heteroatoms. The topological polar surface area (TPSA) is 44.2 Å². The Morgan fingerprint density at radius 1 is 0.700 bits per heavy atom. The van der Waals surface area contributed by atoms with Gasteiger partial charge in [-0.3, -0.25) is 4.98 Å². The van der Waals surface area contributed by atoms with Crippen molar-refractivity contribution in [1.82, 2.24) is 9.97 Å². The van der Waals surface area contributed by atoms with E-state index in [-0.39, 0.29) is 0 Å². The van der Waals surface area contributed by atoms with Crippen LogP contribution in [0.4, 0.5) is 0 Å². The van der Waals surface area contributed by atoms with Gasteiger partial charge < -0.3 is 9.47 Å². The lowest BCUT2D eigenvalue weighted by atomic mass is 10.3. The molecule has 2 aromatic heterocycles. The monoisotopic (exact) mass is 264 g/mol. The van der Waals surface area contributed by atoms with Gasteiger partial charge in [0, 0.05) is 18.5 Å². The lowest BCUT2D eigenvalue weighted by molar-refractivity contribution is 0.445. The SMILES string of the molecule is c1ccc(Oc2cc(Oc3cccnc3)ccn2)cc1. The number of nitrogens with zero attached hydrogens (tertiary/aromatic N) is 2. The normalized spacial score (nSPS) is 10.0. The van der Waals surface area contributed by atoms with Crippen molar-refractivity contribution in [2.24, 2.45) is 0 Å². The summed E-state index contributed by atoms with van der Waals surface area (Å²) in [6.45, 7) is 0. The van der Waals surface area contributed by atoms with E-state index in [0.29, 0.717) is 17.4 Å². The van der Waals surface area contributed by atoms with Crippen LogP contribution in [-0.2, 0) is 0 Å². The molecule has 3 aromatic rings. The van der Waals surface area contributed by atoms with Gasteiger partial charge in [0.2, 0.25) is 5.88 Å². The van der Waals surface area contributed by atoms with Crippen molar-refractivity contribution in [2.45, 2.75) is 0 Å². The molecule has 0 saturated heterocycles. The fraction of sp³-hybridized carbons (Fsp3) is 0. The lowest BCUT2D eigenvalue weighted by Gasteiger charge is -2.07. The van der Waals surface area contributed by atoms with Gasteiger partial charge in [-0.2, -0.15) is 0 Å². The number of hydrogen-bond donors (Lipinski definition) is 0. The first-order valence-corrected chi connectivity index (χ1v) is 6.17. The van der Waals surface area contributed by atoms with E-state index in [1.54, 1.807) is 30.7 Å². The number of rotatable bonds is 4. The number of ether oxygens (including phenoxy) is 2. The molecule has 0 fully saturated rings. The van der Waals surface area contributed by atoms with Crippen molar-refractivity contribution in [1.29, 1.82) is 0 Å². The Balaban J connectivity index is 1.76. The number of pyridine rings is 2. The summed E-state index contributed by atoms with van der Waals surface area (Å²) in [5, 5.41) is 0. The molecule has 0 N–H and O–H groups in total. The van der Waals surface area contributed by atoms with Crippen molar-refractivity contribution < 1.29 is 9.47 Å². The van der Waals surface area contributed by atoms with Crippen LogP contribution >= 0.6 is 0 Å². The molecule has 0 radical (unpaired) electrons. The van der Waals surface area contributed by atoms with Crippen LogP contribution < -0.4 is 9.47 Å². The zero-order valence-electron chi connectivity index (χ0n) is 10.6. The summed E-state index contributed by atoms with van der Waals surface area (Å²) in [6.07, 6.45) is 4.99. The number of benzene rings is 1. The Morgan fingerprint density at radius 2 is 1.55 bits per heavy atom. The van der Waals surface area contributed by atoms with Gasteiger partial charge in [0.1, 0.15) is 17.2 Å². The molecule has 20 heavy (non-hydrogen) atoms. The molecule has 2 heterocycles. The van der Waals surface area contributed by atoms with Crippen LogP contribution in [0.3, 0.4) is 0 Å². The molecule has 0 atom stereocenters. The molecule has 4 nitrogen and oxygen atoms in total. The molecular formula is C16H12N2O2. The van der Waals surface area contributed by atoms with E-state index in [1.165, 1.54) is 0 Å². The highest BCUT2D eigenvalue weighted by Gasteiger charge is 2.02. The van der Waals surface area contributed by atoms with Gasteiger partial charge in [-0.05, 0) is 30.3 Å². The third-order valence-electron chi connectivity index (χ3n) is 2.54. The van der Waals surface area contributed by atoms with Gasteiger partial charge in [-0.15, -0.1) is 0 Å². The Hall–Kier alpha value is -2.88. The summed E-state index contributed by atoms with van der Waals surface area (Å²) < 4.78 is 11.3. The largest absolute Gasteiger partial charge is 0.455 e. The minimum Gasteiger partial charge on any atom is -0.455 e. The third kappa shape index (κ3) is 3.11. The summed E-state index contributed by atoms with van der Waals surface area (Å²) in [6, 6.07) is 16.7. The molecule has 1 aromatic carbocycles. The Kier molecular flexibility index (Phi) is 3.55. The minimum atomic E-state index is 0.484. The van der Waals surface area contributed by atoms with Crippen LogP contribution in [0.15, 0.2) is 73.2 Å². The first-order chi connectivity index (χ1) is 9.90. The number of para-hydroxylation sites is 1. The summed E-state index contributed by atoms with van der Waals surface area (Å²) in [7, 11) is 0. The third-order valence-corrected chi connectivity index (χ3v) is 2.54. The Morgan fingerprint density at radius 3 is 2.35 bits per heavy atom. The molecule has 0 aliphatic carbocycles. The Labute approximate surface area is 116 Å². The van der Waals surface area contributed by atoms with E-state index in [0.717, 1.165) is 5.75 Å². The Bertz CT molecular complexity index is 616. The highest BCUT2D eigenvalue weighted by molar-refractivity contribution is 5.34.